The molecule has 0 saturated carbocycles. The summed E-state index contributed by atoms with van der Waals surface area (Å²) < 4.78 is 12.1. The van der Waals surface area contributed by atoms with E-state index in [0.29, 0.717) is 16.5 Å². The van der Waals surface area contributed by atoms with Crippen LogP contribution in [0.5, 0.6) is 11.5 Å². The molecule has 0 radical (unpaired) electrons. The monoisotopic (exact) mass is 474 g/mol. The van der Waals surface area contributed by atoms with Gasteiger partial charge in [-0.25, -0.2) is 5.43 Å². The Morgan fingerprint density at radius 2 is 1.88 bits per heavy atom. The molecule has 0 saturated heterocycles. The van der Waals surface area contributed by atoms with E-state index in [2.05, 4.69) is 42.4 Å². The zero-order chi connectivity index (χ0) is 17.5. The van der Waals surface area contributed by atoms with Crippen LogP contribution in [-0.2, 0) is 4.79 Å². The molecule has 2 rings (SSSR count). The van der Waals surface area contributed by atoms with Gasteiger partial charge in [0.2, 0.25) is 0 Å². The Kier molecular flexibility index (Phi) is 7.08. The van der Waals surface area contributed by atoms with E-state index in [1.165, 1.54) is 6.21 Å². The number of amides is 1. The van der Waals surface area contributed by atoms with Crippen molar-refractivity contribution in [1.29, 1.82) is 0 Å². The van der Waals surface area contributed by atoms with E-state index in [-0.39, 0.29) is 12.5 Å². The van der Waals surface area contributed by atoms with Gasteiger partial charge in [-0.05, 0) is 73.8 Å². The van der Waals surface area contributed by atoms with Crippen LogP contribution in [0.4, 0.5) is 0 Å². The summed E-state index contributed by atoms with van der Waals surface area (Å²) in [7, 11) is 1.58. The van der Waals surface area contributed by atoms with Gasteiger partial charge in [0.15, 0.2) is 6.61 Å². The van der Waals surface area contributed by atoms with Gasteiger partial charge in [0.1, 0.15) is 11.5 Å². The van der Waals surface area contributed by atoms with Crippen molar-refractivity contribution in [1.82, 2.24) is 5.43 Å². The molecule has 0 heterocycles. The normalized spacial score (nSPS) is 10.7. The lowest BCUT2D eigenvalue weighted by Gasteiger charge is -2.07. The average Bonchev–Trinajstić information content (AvgIpc) is 2.54. The lowest BCUT2D eigenvalue weighted by Crippen LogP contribution is -2.24. The van der Waals surface area contributed by atoms with Crippen LogP contribution in [0, 0.1) is 0 Å². The van der Waals surface area contributed by atoms with Crippen LogP contribution in [0.2, 0.25) is 5.02 Å². The molecular formula is C16H13Br2ClN2O3. The maximum absolute atomic E-state index is 11.7. The highest BCUT2D eigenvalue weighted by Crippen LogP contribution is 2.33. The highest BCUT2D eigenvalue weighted by Gasteiger charge is 2.07. The van der Waals surface area contributed by atoms with E-state index in [1.807, 2.05) is 12.1 Å². The lowest BCUT2D eigenvalue weighted by molar-refractivity contribution is -0.123. The molecular weight excluding hydrogens is 463 g/mol. The molecule has 0 aliphatic heterocycles. The largest absolute Gasteiger partial charge is 0.494 e. The summed E-state index contributed by atoms with van der Waals surface area (Å²) in [6.07, 6.45) is 1.52. The summed E-state index contributed by atoms with van der Waals surface area (Å²) in [5, 5.41) is 4.50. The number of carbonyl (C=O) groups is 1. The molecule has 0 aromatic heterocycles. The van der Waals surface area contributed by atoms with Gasteiger partial charge in [0.05, 0.1) is 22.3 Å². The van der Waals surface area contributed by atoms with Crippen molar-refractivity contribution in [2.45, 2.75) is 0 Å². The molecule has 0 aliphatic carbocycles. The minimum Gasteiger partial charge on any atom is -0.494 e. The molecule has 24 heavy (non-hydrogen) atoms. The number of ether oxygens (including phenoxy) is 2. The standard InChI is InChI=1S/C16H13Br2ClN2O3/c1-23-16-13(17)6-10(7-14(16)18)8-20-21-15(22)9-24-12-4-2-11(19)3-5-12/h2-8H,9H2,1H3,(H,21,22)/b20-8-. The maximum Gasteiger partial charge on any atom is 0.277 e. The van der Waals surface area contributed by atoms with Crippen LogP contribution >= 0.6 is 43.5 Å². The predicted octanol–water partition coefficient (Wildman–Crippen LogP) is 4.40. The molecule has 2 aromatic rings. The number of nitrogens with one attached hydrogen (secondary N) is 1. The first kappa shape index (κ1) is 18.8. The molecule has 0 spiro atoms. The van der Waals surface area contributed by atoms with Crippen molar-refractivity contribution in [3.8, 4) is 11.5 Å². The predicted molar refractivity (Wildman–Crippen MR) is 101 cm³/mol. The van der Waals surface area contributed by atoms with Gasteiger partial charge in [0.25, 0.3) is 5.91 Å². The van der Waals surface area contributed by atoms with Crippen molar-refractivity contribution in [3.63, 3.8) is 0 Å². The Bertz CT molecular complexity index is 728. The van der Waals surface area contributed by atoms with Gasteiger partial charge >= 0.3 is 0 Å². The summed E-state index contributed by atoms with van der Waals surface area (Å²) in [6, 6.07) is 10.4. The Balaban J connectivity index is 1.87. The third-order valence-corrected chi connectivity index (χ3v) is 4.24. The maximum atomic E-state index is 11.7. The molecule has 8 heteroatoms. The minimum absolute atomic E-state index is 0.144. The average molecular weight is 477 g/mol. The summed E-state index contributed by atoms with van der Waals surface area (Å²) in [5.74, 6) is 0.877. The van der Waals surface area contributed by atoms with Gasteiger partial charge in [-0.2, -0.15) is 5.10 Å². The molecule has 0 bridgehead atoms. The van der Waals surface area contributed by atoms with E-state index in [4.69, 9.17) is 21.1 Å². The van der Waals surface area contributed by atoms with E-state index in [9.17, 15) is 4.79 Å². The fourth-order valence-electron chi connectivity index (χ4n) is 1.74. The quantitative estimate of drug-likeness (QED) is 0.497. The molecule has 0 aliphatic rings. The number of rotatable bonds is 6. The van der Waals surface area contributed by atoms with E-state index in [0.717, 1.165) is 14.5 Å². The van der Waals surface area contributed by atoms with E-state index in [1.54, 1.807) is 31.4 Å². The van der Waals surface area contributed by atoms with Crippen LogP contribution in [0.3, 0.4) is 0 Å². The van der Waals surface area contributed by atoms with Crippen LogP contribution < -0.4 is 14.9 Å². The third kappa shape index (κ3) is 5.51. The number of nitrogens with zero attached hydrogens (tertiary/aromatic N) is 1. The van der Waals surface area contributed by atoms with Gasteiger partial charge < -0.3 is 9.47 Å². The Morgan fingerprint density at radius 3 is 2.46 bits per heavy atom. The SMILES string of the molecule is COc1c(Br)cc(/C=N\NC(=O)COc2ccc(Cl)cc2)cc1Br. The number of benzene rings is 2. The van der Waals surface area contributed by atoms with Crippen LogP contribution in [0.15, 0.2) is 50.4 Å². The Morgan fingerprint density at radius 1 is 1.25 bits per heavy atom. The van der Waals surface area contributed by atoms with E-state index >= 15 is 0 Å². The van der Waals surface area contributed by atoms with Gasteiger partial charge in [0, 0.05) is 5.02 Å². The summed E-state index contributed by atoms with van der Waals surface area (Å²) in [6.45, 7) is -0.144. The molecule has 0 unspecified atom stereocenters. The Labute approximate surface area is 161 Å². The van der Waals surface area contributed by atoms with Crippen LogP contribution in [0.1, 0.15) is 5.56 Å². The molecule has 5 nitrogen and oxygen atoms in total. The highest BCUT2D eigenvalue weighted by atomic mass is 79.9. The van der Waals surface area contributed by atoms with E-state index < -0.39 is 0 Å². The minimum atomic E-state index is -0.368. The zero-order valence-electron chi connectivity index (χ0n) is 12.6. The first-order valence-corrected chi connectivity index (χ1v) is 8.69. The Hall–Kier alpha value is -1.57. The van der Waals surface area contributed by atoms with Crippen molar-refractivity contribution in [2.75, 3.05) is 13.7 Å². The summed E-state index contributed by atoms with van der Waals surface area (Å²) in [5.41, 5.74) is 3.18. The third-order valence-electron chi connectivity index (χ3n) is 2.81. The molecule has 0 fully saturated rings. The molecule has 0 atom stereocenters. The second-order valence-corrected chi connectivity index (χ2v) is 6.70. The number of carbonyl (C=O) groups excluding carboxylic acids is 1. The number of halogens is 3. The van der Waals surface area contributed by atoms with Gasteiger partial charge in [-0.1, -0.05) is 11.6 Å². The zero-order valence-corrected chi connectivity index (χ0v) is 16.5. The van der Waals surface area contributed by atoms with Gasteiger partial charge in [-0.3, -0.25) is 4.79 Å². The number of hydrogen-bond acceptors (Lipinski definition) is 4. The molecule has 1 amide bonds. The molecule has 1 N–H and O–H groups in total. The second kappa shape index (κ2) is 9.05. The van der Waals surface area contributed by atoms with Crippen LogP contribution in [0.25, 0.3) is 0 Å². The first-order valence-electron chi connectivity index (χ1n) is 6.73. The van der Waals surface area contributed by atoms with Crippen molar-refractivity contribution < 1.29 is 14.3 Å². The van der Waals surface area contributed by atoms with Crippen molar-refractivity contribution in [2.24, 2.45) is 5.10 Å². The lowest BCUT2D eigenvalue weighted by atomic mass is 10.2. The first-order chi connectivity index (χ1) is 11.5. The molecule has 126 valence electrons. The topological polar surface area (TPSA) is 59.9 Å². The van der Waals surface area contributed by atoms with Gasteiger partial charge in [-0.15, -0.1) is 0 Å². The van der Waals surface area contributed by atoms with Crippen LogP contribution in [-0.4, -0.2) is 25.8 Å². The van der Waals surface area contributed by atoms with Crippen molar-refractivity contribution >= 4 is 55.6 Å². The number of hydrazone groups is 1. The smallest absolute Gasteiger partial charge is 0.277 e. The van der Waals surface area contributed by atoms with Crippen molar-refractivity contribution in [3.05, 3.63) is 55.9 Å². The second-order valence-electron chi connectivity index (χ2n) is 4.55. The summed E-state index contributed by atoms with van der Waals surface area (Å²) >= 11 is 12.6. The summed E-state index contributed by atoms with van der Waals surface area (Å²) in [4.78, 5) is 11.7. The number of methoxy groups -OCH3 is 1. The highest BCUT2D eigenvalue weighted by molar-refractivity contribution is 9.11. The fraction of sp³-hybridized carbons (Fsp3) is 0.125. The number of hydrogen-bond donors (Lipinski definition) is 1. The molecule has 2 aromatic carbocycles. The fourth-order valence-corrected chi connectivity index (χ4v) is 3.41.